The number of hydrogen-bond acceptors (Lipinski definition) is 8. The zero-order chi connectivity index (χ0) is 24.9. The first-order valence-corrected chi connectivity index (χ1v) is 13.5. The van der Waals surface area contributed by atoms with Crippen molar-refractivity contribution >= 4 is 17.2 Å². The van der Waals surface area contributed by atoms with Gasteiger partial charge < -0.3 is 20.3 Å². The van der Waals surface area contributed by atoms with Crippen LogP contribution < -0.4 is 10.6 Å². The highest BCUT2D eigenvalue weighted by Crippen LogP contribution is 2.38. The molecule has 1 aliphatic carbocycles. The zero-order valence-corrected chi connectivity index (χ0v) is 22.2. The predicted molar refractivity (Wildman–Crippen MR) is 135 cm³/mol. The van der Waals surface area contributed by atoms with Crippen molar-refractivity contribution in [3.05, 3.63) is 16.1 Å². The molecule has 4 N–H and O–H groups in total. The first kappa shape index (κ1) is 27.5. The maximum absolute atomic E-state index is 11.7. The molecule has 194 valence electrons. The topological polar surface area (TPSA) is 107 Å². The van der Waals surface area contributed by atoms with E-state index in [1.807, 2.05) is 31.2 Å². The van der Waals surface area contributed by atoms with E-state index in [4.69, 9.17) is 4.74 Å². The van der Waals surface area contributed by atoms with Crippen LogP contribution in [0, 0.1) is 18.3 Å². The molecule has 0 spiro atoms. The van der Waals surface area contributed by atoms with E-state index in [1.54, 1.807) is 11.3 Å². The number of amides is 1. The van der Waals surface area contributed by atoms with Crippen molar-refractivity contribution in [1.29, 1.82) is 0 Å². The average molecular weight is 497 g/mol. The lowest BCUT2D eigenvalue weighted by atomic mass is 9.81. The quantitative estimate of drug-likeness (QED) is 0.291. The van der Waals surface area contributed by atoms with Crippen LogP contribution in [-0.2, 0) is 9.53 Å². The summed E-state index contributed by atoms with van der Waals surface area (Å²) in [6.45, 7) is 11.8. The van der Waals surface area contributed by atoms with Gasteiger partial charge in [-0.2, -0.15) is 0 Å². The van der Waals surface area contributed by atoms with Gasteiger partial charge in [0, 0.05) is 30.9 Å². The molecule has 1 saturated heterocycles. The van der Waals surface area contributed by atoms with Crippen molar-refractivity contribution in [3.8, 4) is 0 Å². The fourth-order valence-electron chi connectivity index (χ4n) is 5.41. The standard InChI is InChI=1S/C25H44N4O4S/c1-16-22(34-15-27-16)19-8-6-18(7-9-19)11-26-14-33-13-20-10-21(31)12-29(20)24(32)23(25(3,4)5)28-17(2)30/h15,18-21,23-24,26,31-32H,6-14H2,1-5H3,(H,28,30)/t18?,19?,20-,21+,23+,24?/m0/s1. The fraction of sp³-hybridized carbons (Fsp3) is 0.840. The Morgan fingerprint density at radius 3 is 2.62 bits per heavy atom. The van der Waals surface area contributed by atoms with Crippen molar-refractivity contribution in [3.63, 3.8) is 0 Å². The average Bonchev–Trinajstić information content (AvgIpc) is 3.36. The molecule has 8 nitrogen and oxygen atoms in total. The normalized spacial score (nSPS) is 28.1. The van der Waals surface area contributed by atoms with Crippen LogP contribution in [-0.4, -0.2) is 76.8 Å². The number of carbonyl (C=O) groups is 1. The zero-order valence-electron chi connectivity index (χ0n) is 21.4. The van der Waals surface area contributed by atoms with Crippen molar-refractivity contribution in [2.24, 2.45) is 11.3 Å². The predicted octanol–water partition coefficient (Wildman–Crippen LogP) is 2.59. The number of aliphatic hydroxyl groups is 2. The number of rotatable bonds is 10. The molecule has 2 fully saturated rings. The van der Waals surface area contributed by atoms with Crippen LogP contribution in [0.2, 0.25) is 0 Å². The van der Waals surface area contributed by atoms with Crippen molar-refractivity contribution in [2.75, 3.05) is 26.4 Å². The molecule has 1 aromatic rings. The summed E-state index contributed by atoms with van der Waals surface area (Å²) in [7, 11) is 0. The van der Waals surface area contributed by atoms with Gasteiger partial charge in [-0.1, -0.05) is 20.8 Å². The summed E-state index contributed by atoms with van der Waals surface area (Å²) >= 11 is 1.79. The molecule has 34 heavy (non-hydrogen) atoms. The highest BCUT2D eigenvalue weighted by atomic mass is 32.1. The molecule has 1 unspecified atom stereocenters. The van der Waals surface area contributed by atoms with Gasteiger partial charge in [-0.3, -0.25) is 15.0 Å². The van der Waals surface area contributed by atoms with Crippen molar-refractivity contribution in [1.82, 2.24) is 20.5 Å². The number of nitrogens with zero attached hydrogens (tertiary/aromatic N) is 2. The van der Waals surface area contributed by atoms with E-state index < -0.39 is 18.4 Å². The first-order valence-electron chi connectivity index (χ1n) is 12.6. The third-order valence-corrected chi connectivity index (χ3v) is 8.41. The second kappa shape index (κ2) is 12.2. The summed E-state index contributed by atoms with van der Waals surface area (Å²) in [5, 5.41) is 27.7. The summed E-state index contributed by atoms with van der Waals surface area (Å²) in [6.07, 6.45) is 4.06. The maximum Gasteiger partial charge on any atom is 0.217 e. The lowest BCUT2D eigenvalue weighted by Crippen LogP contribution is -2.58. The highest BCUT2D eigenvalue weighted by molar-refractivity contribution is 7.09. The molecule has 9 heteroatoms. The van der Waals surface area contributed by atoms with E-state index in [0.29, 0.717) is 38.1 Å². The summed E-state index contributed by atoms with van der Waals surface area (Å²) in [5.41, 5.74) is 2.83. The minimum Gasteiger partial charge on any atom is -0.392 e. The molecule has 3 rings (SSSR count). The number of aromatic nitrogens is 1. The van der Waals surface area contributed by atoms with Gasteiger partial charge in [-0.05, 0) is 56.3 Å². The van der Waals surface area contributed by atoms with Gasteiger partial charge in [0.25, 0.3) is 0 Å². The van der Waals surface area contributed by atoms with Crippen LogP contribution in [0.4, 0.5) is 0 Å². The molecular weight excluding hydrogens is 452 g/mol. The van der Waals surface area contributed by atoms with Gasteiger partial charge >= 0.3 is 0 Å². The Hall–Kier alpha value is -1.10. The number of ether oxygens (including phenoxy) is 1. The molecule has 1 aromatic heterocycles. The molecular formula is C25H44N4O4S. The monoisotopic (exact) mass is 496 g/mol. The van der Waals surface area contributed by atoms with Gasteiger partial charge in [0.1, 0.15) is 6.23 Å². The Morgan fingerprint density at radius 1 is 1.32 bits per heavy atom. The van der Waals surface area contributed by atoms with E-state index in [-0.39, 0.29) is 17.4 Å². The van der Waals surface area contributed by atoms with Crippen LogP contribution >= 0.6 is 11.3 Å². The van der Waals surface area contributed by atoms with Crippen molar-refractivity contribution in [2.45, 2.75) is 97.1 Å². The summed E-state index contributed by atoms with van der Waals surface area (Å²) in [4.78, 5) is 19.5. The molecule has 0 bridgehead atoms. The van der Waals surface area contributed by atoms with Crippen molar-refractivity contribution < 1.29 is 19.7 Å². The van der Waals surface area contributed by atoms with Gasteiger partial charge in [-0.15, -0.1) is 11.3 Å². The van der Waals surface area contributed by atoms with Crippen LogP contribution in [0.25, 0.3) is 0 Å². The van der Waals surface area contributed by atoms with Crippen LogP contribution in [0.3, 0.4) is 0 Å². The minimum absolute atomic E-state index is 0.0940. The number of carbonyl (C=O) groups excluding carboxylic acids is 1. The Balaban J connectivity index is 1.40. The number of aryl methyl sites for hydroxylation is 1. The Bertz CT molecular complexity index is 775. The SMILES string of the molecule is CC(=O)N[C@H](C(O)N1C[C@H](O)C[C@H]1COCNCC1CCC(c2scnc2C)CC1)C(C)(C)C. The number of β-amino-alcohol motifs (C(OH)–C–C–N with tert-alkyl or cyclic N) is 1. The van der Waals surface area contributed by atoms with E-state index in [1.165, 1.54) is 43.2 Å². The molecule has 2 aliphatic rings. The number of thiazole rings is 1. The molecule has 0 radical (unpaired) electrons. The Kier molecular flexibility index (Phi) is 9.89. The molecule has 1 aliphatic heterocycles. The van der Waals surface area contributed by atoms with E-state index in [0.717, 1.165) is 6.54 Å². The second-order valence-electron chi connectivity index (χ2n) is 11.2. The van der Waals surface area contributed by atoms with Crippen LogP contribution in [0.5, 0.6) is 0 Å². The number of aliphatic hydroxyl groups excluding tert-OH is 2. The summed E-state index contributed by atoms with van der Waals surface area (Å²) < 4.78 is 5.91. The first-order chi connectivity index (χ1) is 16.1. The van der Waals surface area contributed by atoms with E-state index >= 15 is 0 Å². The number of likely N-dealkylation sites (tertiary alicyclic amines) is 1. The highest BCUT2D eigenvalue weighted by Gasteiger charge is 2.42. The van der Waals surface area contributed by atoms with Gasteiger partial charge in [-0.25, -0.2) is 4.98 Å². The van der Waals surface area contributed by atoms with Crippen LogP contribution in [0.15, 0.2) is 5.51 Å². The molecule has 0 aromatic carbocycles. The largest absolute Gasteiger partial charge is 0.392 e. The fourth-order valence-corrected chi connectivity index (χ4v) is 6.39. The Labute approximate surface area is 208 Å². The second-order valence-corrected chi connectivity index (χ2v) is 12.1. The molecule has 1 saturated carbocycles. The third-order valence-electron chi connectivity index (χ3n) is 7.31. The lowest BCUT2D eigenvalue weighted by molar-refractivity contribution is -0.126. The van der Waals surface area contributed by atoms with Crippen LogP contribution in [0.1, 0.15) is 76.3 Å². The molecule has 4 atom stereocenters. The van der Waals surface area contributed by atoms with E-state index in [2.05, 4.69) is 22.5 Å². The third kappa shape index (κ3) is 7.45. The number of nitrogens with one attached hydrogen (secondary N) is 2. The molecule has 1 amide bonds. The lowest BCUT2D eigenvalue weighted by Gasteiger charge is -2.40. The van der Waals surface area contributed by atoms with E-state index in [9.17, 15) is 15.0 Å². The maximum atomic E-state index is 11.7. The molecule has 2 heterocycles. The Morgan fingerprint density at radius 2 is 2.03 bits per heavy atom. The minimum atomic E-state index is -0.889. The summed E-state index contributed by atoms with van der Waals surface area (Å²) in [5.74, 6) is 1.16. The summed E-state index contributed by atoms with van der Waals surface area (Å²) in [6, 6.07) is -0.539. The van der Waals surface area contributed by atoms with Gasteiger partial charge in [0.05, 0.1) is 36.7 Å². The van der Waals surface area contributed by atoms with Gasteiger partial charge in [0.15, 0.2) is 0 Å². The number of hydrogen-bond donors (Lipinski definition) is 4. The van der Waals surface area contributed by atoms with Gasteiger partial charge in [0.2, 0.25) is 5.91 Å². The smallest absolute Gasteiger partial charge is 0.217 e.